The SMILES string of the molecule is COC(=O)c1nn(C)cc1C(C)(O)CN. The van der Waals surface area contributed by atoms with Crippen molar-refractivity contribution < 1.29 is 14.6 Å². The minimum Gasteiger partial charge on any atom is -0.464 e. The Morgan fingerprint density at radius 3 is 2.87 bits per heavy atom. The lowest BCUT2D eigenvalue weighted by Crippen LogP contribution is -2.32. The molecule has 1 atom stereocenters. The molecule has 0 saturated heterocycles. The van der Waals surface area contributed by atoms with Gasteiger partial charge >= 0.3 is 5.97 Å². The highest BCUT2D eigenvalue weighted by atomic mass is 16.5. The predicted molar refractivity (Wildman–Crippen MR) is 53.2 cm³/mol. The number of hydrogen-bond donors (Lipinski definition) is 2. The maximum atomic E-state index is 11.4. The molecular formula is C9H15N3O3. The first kappa shape index (κ1) is 11.7. The first-order chi connectivity index (χ1) is 6.92. The number of methoxy groups -OCH3 is 1. The van der Waals surface area contributed by atoms with Gasteiger partial charge in [0.2, 0.25) is 0 Å². The Balaban J connectivity index is 3.23. The standard InChI is InChI=1S/C9H15N3O3/c1-9(14,5-10)6-4-12(2)11-7(6)8(13)15-3/h4,14H,5,10H2,1-3H3. The fraction of sp³-hybridized carbons (Fsp3) is 0.556. The number of carbonyl (C=O) groups excluding carboxylic acids is 1. The van der Waals surface area contributed by atoms with Crippen LogP contribution in [0.3, 0.4) is 0 Å². The van der Waals surface area contributed by atoms with E-state index in [2.05, 4.69) is 9.84 Å². The third-order valence-electron chi connectivity index (χ3n) is 2.19. The molecule has 0 bridgehead atoms. The van der Waals surface area contributed by atoms with E-state index in [1.54, 1.807) is 13.2 Å². The van der Waals surface area contributed by atoms with Crippen LogP contribution in [-0.4, -0.2) is 34.5 Å². The van der Waals surface area contributed by atoms with Gasteiger partial charge in [0.05, 0.1) is 7.11 Å². The van der Waals surface area contributed by atoms with Crippen molar-refractivity contribution >= 4 is 5.97 Å². The first-order valence-corrected chi connectivity index (χ1v) is 4.47. The van der Waals surface area contributed by atoms with Gasteiger partial charge < -0.3 is 15.6 Å². The van der Waals surface area contributed by atoms with Crippen molar-refractivity contribution in [3.8, 4) is 0 Å². The summed E-state index contributed by atoms with van der Waals surface area (Å²) in [4.78, 5) is 11.4. The van der Waals surface area contributed by atoms with Crippen molar-refractivity contribution in [1.29, 1.82) is 0 Å². The summed E-state index contributed by atoms with van der Waals surface area (Å²) >= 11 is 0. The van der Waals surface area contributed by atoms with Gasteiger partial charge in [0.1, 0.15) is 5.60 Å². The summed E-state index contributed by atoms with van der Waals surface area (Å²) in [5.74, 6) is -0.584. The minimum atomic E-state index is -1.28. The number of aliphatic hydroxyl groups is 1. The van der Waals surface area contributed by atoms with Gasteiger partial charge in [0, 0.05) is 25.4 Å². The molecule has 0 saturated carbocycles. The molecule has 1 heterocycles. The van der Waals surface area contributed by atoms with Gasteiger partial charge in [-0.3, -0.25) is 4.68 Å². The van der Waals surface area contributed by atoms with Crippen LogP contribution in [0.15, 0.2) is 6.20 Å². The van der Waals surface area contributed by atoms with E-state index in [4.69, 9.17) is 5.73 Å². The van der Waals surface area contributed by atoms with Gasteiger partial charge in [0.15, 0.2) is 5.69 Å². The van der Waals surface area contributed by atoms with Crippen molar-refractivity contribution in [2.45, 2.75) is 12.5 Å². The largest absolute Gasteiger partial charge is 0.464 e. The van der Waals surface area contributed by atoms with E-state index in [-0.39, 0.29) is 12.2 Å². The number of aryl methyl sites for hydroxylation is 1. The highest BCUT2D eigenvalue weighted by Gasteiger charge is 2.30. The average molecular weight is 213 g/mol. The zero-order valence-electron chi connectivity index (χ0n) is 9.02. The monoisotopic (exact) mass is 213 g/mol. The molecule has 84 valence electrons. The van der Waals surface area contributed by atoms with E-state index in [0.29, 0.717) is 5.56 Å². The topological polar surface area (TPSA) is 90.4 Å². The number of aromatic nitrogens is 2. The summed E-state index contributed by atoms with van der Waals surface area (Å²) in [5.41, 5.74) is 4.61. The lowest BCUT2D eigenvalue weighted by atomic mass is 9.97. The van der Waals surface area contributed by atoms with E-state index in [0.717, 1.165) is 0 Å². The van der Waals surface area contributed by atoms with Crippen LogP contribution in [0.25, 0.3) is 0 Å². The molecule has 1 unspecified atom stereocenters. The van der Waals surface area contributed by atoms with Gasteiger partial charge in [-0.1, -0.05) is 0 Å². The highest BCUT2D eigenvalue weighted by molar-refractivity contribution is 5.89. The zero-order valence-corrected chi connectivity index (χ0v) is 9.02. The number of hydrogen-bond acceptors (Lipinski definition) is 5. The maximum absolute atomic E-state index is 11.4. The van der Waals surface area contributed by atoms with E-state index >= 15 is 0 Å². The molecule has 0 aliphatic rings. The number of nitrogens with two attached hydrogens (primary N) is 1. The van der Waals surface area contributed by atoms with Crippen molar-refractivity contribution in [3.05, 3.63) is 17.5 Å². The summed E-state index contributed by atoms with van der Waals surface area (Å²) in [6, 6.07) is 0. The zero-order chi connectivity index (χ0) is 11.6. The fourth-order valence-corrected chi connectivity index (χ4v) is 1.24. The molecular weight excluding hydrogens is 198 g/mol. The molecule has 0 aliphatic heterocycles. The van der Waals surface area contributed by atoms with Crippen molar-refractivity contribution in [1.82, 2.24) is 9.78 Å². The van der Waals surface area contributed by atoms with Gasteiger partial charge in [-0.2, -0.15) is 5.10 Å². The second-order valence-electron chi connectivity index (χ2n) is 3.53. The molecule has 1 aromatic rings. The molecule has 0 amide bonds. The van der Waals surface area contributed by atoms with Gasteiger partial charge in [0.25, 0.3) is 0 Å². The Hall–Kier alpha value is -1.40. The molecule has 1 rings (SSSR count). The van der Waals surface area contributed by atoms with Gasteiger partial charge in [-0.15, -0.1) is 0 Å². The second-order valence-corrected chi connectivity index (χ2v) is 3.53. The van der Waals surface area contributed by atoms with Crippen molar-refractivity contribution in [2.75, 3.05) is 13.7 Å². The number of carbonyl (C=O) groups is 1. The van der Waals surface area contributed by atoms with Crippen LogP contribution < -0.4 is 5.73 Å². The highest BCUT2D eigenvalue weighted by Crippen LogP contribution is 2.22. The number of esters is 1. The van der Waals surface area contributed by atoms with Gasteiger partial charge in [-0.05, 0) is 6.92 Å². The molecule has 6 heteroatoms. The fourth-order valence-electron chi connectivity index (χ4n) is 1.24. The predicted octanol–water partition coefficient (Wildman–Crippen LogP) is -0.627. The summed E-state index contributed by atoms with van der Waals surface area (Å²) in [5, 5.41) is 13.9. The molecule has 6 nitrogen and oxygen atoms in total. The average Bonchev–Trinajstić information content (AvgIpc) is 2.60. The van der Waals surface area contributed by atoms with Crippen molar-refractivity contribution in [2.24, 2.45) is 12.8 Å². The van der Waals surface area contributed by atoms with E-state index < -0.39 is 11.6 Å². The minimum absolute atomic E-state index is 0.00267. The quantitative estimate of drug-likeness (QED) is 0.652. The first-order valence-electron chi connectivity index (χ1n) is 4.47. The Morgan fingerprint density at radius 2 is 2.40 bits per heavy atom. The van der Waals surface area contributed by atoms with Crippen molar-refractivity contribution in [3.63, 3.8) is 0 Å². The van der Waals surface area contributed by atoms with Crippen LogP contribution in [0.5, 0.6) is 0 Å². The molecule has 3 N–H and O–H groups in total. The molecule has 0 fully saturated rings. The molecule has 0 aliphatic carbocycles. The van der Waals surface area contributed by atoms with Crippen LogP contribution in [0.2, 0.25) is 0 Å². The lowest BCUT2D eigenvalue weighted by molar-refractivity contribution is 0.0522. The van der Waals surface area contributed by atoms with E-state index in [9.17, 15) is 9.90 Å². The Bertz CT molecular complexity index is 371. The molecule has 1 aromatic heterocycles. The summed E-state index contributed by atoms with van der Waals surface area (Å²) < 4.78 is 6.00. The Kier molecular flexibility index (Phi) is 3.11. The van der Waals surface area contributed by atoms with Crippen LogP contribution in [-0.2, 0) is 17.4 Å². The van der Waals surface area contributed by atoms with Crippen LogP contribution in [0, 0.1) is 0 Å². The molecule has 0 radical (unpaired) electrons. The molecule has 0 aromatic carbocycles. The Labute approximate surface area is 87.6 Å². The maximum Gasteiger partial charge on any atom is 0.358 e. The van der Waals surface area contributed by atoms with Crippen LogP contribution in [0.4, 0.5) is 0 Å². The summed E-state index contributed by atoms with van der Waals surface area (Å²) in [6.07, 6.45) is 1.55. The summed E-state index contributed by atoms with van der Waals surface area (Å²) in [7, 11) is 2.92. The summed E-state index contributed by atoms with van der Waals surface area (Å²) in [6.45, 7) is 1.53. The van der Waals surface area contributed by atoms with E-state index in [1.807, 2.05) is 0 Å². The van der Waals surface area contributed by atoms with Crippen LogP contribution in [0.1, 0.15) is 23.0 Å². The smallest absolute Gasteiger partial charge is 0.358 e. The third kappa shape index (κ3) is 2.16. The molecule has 0 spiro atoms. The lowest BCUT2D eigenvalue weighted by Gasteiger charge is -2.20. The Morgan fingerprint density at radius 1 is 1.80 bits per heavy atom. The van der Waals surface area contributed by atoms with Crippen LogP contribution >= 0.6 is 0 Å². The number of ether oxygens (including phenoxy) is 1. The van der Waals surface area contributed by atoms with E-state index in [1.165, 1.54) is 18.7 Å². The normalized spacial score (nSPS) is 14.7. The third-order valence-corrected chi connectivity index (χ3v) is 2.19. The molecule has 15 heavy (non-hydrogen) atoms. The second kappa shape index (κ2) is 4.00. The number of nitrogens with zero attached hydrogens (tertiary/aromatic N) is 2. The number of rotatable bonds is 3. The van der Waals surface area contributed by atoms with Gasteiger partial charge in [-0.25, -0.2) is 4.79 Å².